The summed E-state index contributed by atoms with van der Waals surface area (Å²) < 4.78 is 54.9. The maximum atomic E-state index is 13.1. The third-order valence-electron chi connectivity index (χ3n) is 4.95. The quantitative estimate of drug-likeness (QED) is 0.187. The lowest BCUT2D eigenvalue weighted by Crippen LogP contribution is -2.30. The van der Waals surface area contributed by atoms with E-state index < -0.39 is 16.0 Å². The van der Waals surface area contributed by atoms with Crippen LogP contribution in [0, 0.1) is 5.82 Å². The fourth-order valence-corrected chi connectivity index (χ4v) is 4.41. The zero-order chi connectivity index (χ0) is 27.0. The van der Waals surface area contributed by atoms with Crippen LogP contribution in [0.25, 0.3) is 11.1 Å². The summed E-state index contributed by atoms with van der Waals surface area (Å²) in [6.07, 6.45) is 6.40. The molecule has 4 rings (SSSR count). The van der Waals surface area contributed by atoms with Crippen LogP contribution in [0.4, 0.5) is 10.2 Å². The second-order valence-corrected chi connectivity index (χ2v) is 10.4. The van der Waals surface area contributed by atoms with Crippen molar-refractivity contribution in [3.8, 4) is 23.0 Å². The van der Waals surface area contributed by atoms with Crippen LogP contribution >= 0.6 is 23.4 Å². The zero-order valence-corrected chi connectivity index (χ0v) is 22.4. The van der Waals surface area contributed by atoms with Crippen LogP contribution in [0.1, 0.15) is 5.56 Å². The Morgan fingerprint density at radius 3 is 2.32 bits per heavy atom. The molecule has 4 aromatic rings. The van der Waals surface area contributed by atoms with Crippen LogP contribution < -0.4 is 18.9 Å². The summed E-state index contributed by atoms with van der Waals surface area (Å²) in [4.78, 5) is 17.5. The van der Waals surface area contributed by atoms with Crippen LogP contribution in [0.15, 0.2) is 72.1 Å². The Labute approximate surface area is 228 Å². The van der Waals surface area contributed by atoms with Crippen molar-refractivity contribution in [1.82, 2.24) is 24.7 Å². The van der Waals surface area contributed by atoms with E-state index in [1.54, 1.807) is 36.7 Å². The number of hydrogen-bond acceptors (Lipinski definition) is 9. The highest BCUT2D eigenvalue weighted by atomic mass is 35.5. The van der Waals surface area contributed by atoms with Crippen molar-refractivity contribution in [3.63, 3.8) is 0 Å². The number of anilines is 1. The largest absolute Gasteiger partial charge is 0.473 e. The molecule has 0 spiro atoms. The van der Waals surface area contributed by atoms with Crippen molar-refractivity contribution < 1.29 is 22.3 Å². The number of nitrogens with zero attached hydrogens (tertiary/aromatic N) is 4. The molecule has 0 atom stereocenters. The van der Waals surface area contributed by atoms with Gasteiger partial charge < -0.3 is 9.47 Å². The van der Waals surface area contributed by atoms with Crippen LogP contribution in [0.2, 0.25) is 5.02 Å². The Morgan fingerprint density at radius 1 is 0.947 bits per heavy atom. The number of rotatable bonds is 12. The van der Waals surface area contributed by atoms with E-state index in [4.69, 9.17) is 21.1 Å². The molecule has 2 aromatic heterocycles. The van der Waals surface area contributed by atoms with Crippen molar-refractivity contribution in [2.75, 3.05) is 24.2 Å². The molecule has 2 heterocycles. The second-order valence-electron chi connectivity index (χ2n) is 7.56. The van der Waals surface area contributed by atoms with Gasteiger partial charge in [-0.25, -0.2) is 24.3 Å². The van der Waals surface area contributed by atoms with Crippen molar-refractivity contribution in [3.05, 3.63) is 83.7 Å². The average Bonchev–Trinajstić information content (AvgIpc) is 2.92. The third kappa shape index (κ3) is 7.74. The first-order valence-electron chi connectivity index (χ1n) is 11.1. The number of aromatic nitrogens is 4. The van der Waals surface area contributed by atoms with E-state index in [0.29, 0.717) is 21.7 Å². The summed E-state index contributed by atoms with van der Waals surface area (Å²) in [5, 5.41) is 0.497. The van der Waals surface area contributed by atoms with Crippen molar-refractivity contribution in [1.29, 1.82) is 0 Å². The van der Waals surface area contributed by atoms with Gasteiger partial charge in [0.25, 0.3) is 0 Å². The maximum absolute atomic E-state index is 13.1. The Morgan fingerprint density at radius 2 is 1.63 bits per heavy atom. The Hall–Kier alpha value is -3.52. The summed E-state index contributed by atoms with van der Waals surface area (Å²) >= 11 is 7.55. The minimum atomic E-state index is -4.07. The molecular weight excluding hydrogens is 555 g/mol. The van der Waals surface area contributed by atoms with Gasteiger partial charge in [0.05, 0.1) is 5.56 Å². The number of ether oxygens (including phenoxy) is 2. The van der Waals surface area contributed by atoms with Gasteiger partial charge in [0, 0.05) is 28.9 Å². The van der Waals surface area contributed by atoms with Gasteiger partial charge in [-0.15, -0.1) is 11.8 Å². The molecule has 0 amide bonds. The van der Waals surface area contributed by atoms with E-state index in [-0.39, 0.29) is 37.5 Å². The van der Waals surface area contributed by atoms with Gasteiger partial charge in [0.2, 0.25) is 5.88 Å². The molecule has 0 aliphatic heterocycles. The van der Waals surface area contributed by atoms with E-state index in [1.807, 2.05) is 6.26 Å². The van der Waals surface area contributed by atoms with Gasteiger partial charge >= 0.3 is 16.2 Å². The Kier molecular flexibility index (Phi) is 9.29. The number of nitrogens with one attached hydrogen (secondary N) is 2. The molecule has 14 heteroatoms. The Balaban J connectivity index is 1.50. The first kappa shape index (κ1) is 27.5. The highest BCUT2D eigenvalue weighted by Gasteiger charge is 2.20. The molecule has 0 saturated heterocycles. The van der Waals surface area contributed by atoms with Crippen molar-refractivity contribution >= 4 is 39.4 Å². The van der Waals surface area contributed by atoms with Crippen LogP contribution in [-0.2, 0) is 16.8 Å². The molecule has 10 nitrogen and oxygen atoms in total. The van der Waals surface area contributed by atoms with Crippen molar-refractivity contribution in [2.24, 2.45) is 0 Å². The molecule has 38 heavy (non-hydrogen) atoms. The molecule has 0 unspecified atom stereocenters. The standard InChI is InChI=1S/C24H22ClFN6O4S2/c1-37-20-13-27-24(28-14-20)36-11-10-35-23-21(17-4-6-18(25)7-5-17)22(29-15-30-23)32-38(33,34)31-12-16-2-8-19(26)9-3-16/h2-9,13-15,31H,10-12H2,1H3,(H,29,30,32). The zero-order valence-electron chi connectivity index (χ0n) is 20.0. The van der Waals surface area contributed by atoms with Gasteiger partial charge in [-0.05, 0) is 41.6 Å². The molecule has 2 aromatic carbocycles. The van der Waals surface area contributed by atoms with Gasteiger partial charge in [-0.1, -0.05) is 35.9 Å². The summed E-state index contributed by atoms with van der Waals surface area (Å²) in [5.74, 6) is -0.302. The van der Waals surface area contributed by atoms with Gasteiger partial charge in [-0.3, -0.25) is 4.72 Å². The number of thioether (sulfide) groups is 1. The maximum Gasteiger partial charge on any atom is 0.316 e. The predicted octanol–water partition coefficient (Wildman–Crippen LogP) is 4.35. The fourth-order valence-electron chi connectivity index (χ4n) is 3.13. The number of benzene rings is 2. The molecular formula is C24H22ClFN6O4S2. The van der Waals surface area contributed by atoms with E-state index in [0.717, 1.165) is 4.90 Å². The monoisotopic (exact) mass is 576 g/mol. The van der Waals surface area contributed by atoms with E-state index in [1.165, 1.54) is 42.4 Å². The number of halogens is 2. The molecule has 0 fully saturated rings. The smallest absolute Gasteiger partial charge is 0.316 e. The first-order valence-corrected chi connectivity index (χ1v) is 14.2. The second kappa shape index (κ2) is 12.8. The lowest BCUT2D eigenvalue weighted by atomic mass is 10.1. The van der Waals surface area contributed by atoms with Crippen LogP contribution in [0.3, 0.4) is 0 Å². The molecule has 0 aliphatic carbocycles. The van der Waals surface area contributed by atoms with Gasteiger partial charge in [0.1, 0.15) is 25.4 Å². The average molecular weight is 577 g/mol. The summed E-state index contributed by atoms with van der Waals surface area (Å²) in [7, 11) is -4.07. The summed E-state index contributed by atoms with van der Waals surface area (Å²) in [5.41, 5.74) is 1.45. The lowest BCUT2D eigenvalue weighted by molar-refractivity contribution is 0.201. The highest BCUT2D eigenvalue weighted by Crippen LogP contribution is 2.35. The highest BCUT2D eigenvalue weighted by molar-refractivity contribution is 7.98. The number of hydrogen-bond donors (Lipinski definition) is 2. The minimum Gasteiger partial charge on any atom is -0.473 e. The molecule has 2 N–H and O–H groups in total. The first-order chi connectivity index (χ1) is 18.3. The summed E-state index contributed by atoms with van der Waals surface area (Å²) in [6, 6.07) is 12.3. The van der Waals surface area contributed by atoms with E-state index in [9.17, 15) is 12.8 Å². The molecule has 0 aliphatic rings. The minimum absolute atomic E-state index is 0.0131. The predicted molar refractivity (Wildman–Crippen MR) is 143 cm³/mol. The van der Waals surface area contributed by atoms with Gasteiger partial charge in [0.15, 0.2) is 5.82 Å². The molecule has 0 bridgehead atoms. The van der Waals surface area contributed by atoms with Crippen LogP contribution in [0.5, 0.6) is 11.9 Å². The van der Waals surface area contributed by atoms with E-state index >= 15 is 0 Å². The summed E-state index contributed by atoms with van der Waals surface area (Å²) in [6.45, 7) is 0.126. The van der Waals surface area contributed by atoms with E-state index in [2.05, 4.69) is 29.4 Å². The molecule has 198 valence electrons. The lowest BCUT2D eigenvalue weighted by Gasteiger charge is -2.16. The third-order valence-corrected chi connectivity index (χ3v) is 6.87. The van der Waals surface area contributed by atoms with Crippen LogP contribution in [-0.4, -0.2) is 47.8 Å². The fraction of sp³-hybridized carbons (Fsp3) is 0.167. The topological polar surface area (TPSA) is 128 Å². The SMILES string of the molecule is CSc1cnc(OCCOc2ncnc(NS(=O)(=O)NCc3ccc(F)cc3)c2-c2ccc(Cl)cc2)nc1. The molecule has 0 radical (unpaired) electrons. The molecule has 0 saturated carbocycles. The Bertz CT molecular complexity index is 1460. The van der Waals surface area contributed by atoms with Gasteiger partial charge in [-0.2, -0.15) is 13.1 Å². The van der Waals surface area contributed by atoms with Crippen molar-refractivity contribution in [2.45, 2.75) is 11.4 Å². The normalized spacial score (nSPS) is 11.2.